The lowest BCUT2D eigenvalue weighted by Gasteiger charge is -2.25. The van der Waals surface area contributed by atoms with Crippen LogP contribution in [-0.2, 0) is 0 Å². The second-order valence-electron chi connectivity index (χ2n) is 4.74. The maximum absolute atomic E-state index is 13.4. The third-order valence-corrected chi connectivity index (χ3v) is 4.33. The fourth-order valence-corrected chi connectivity index (χ4v) is 2.76. The van der Waals surface area contributed by atoms with E-state index in [0.717, 1.165) is 16.5 Å². The van der Waals surface area contributed by atoms with Gasteiger partial charge in [-0.05, 0) is 52.2 Å². The molecule has 2 aromatic rings. The highest BCUT2D eigenvalue weighted by molar-refractivity contribution is 9.10. The van der Waals surface area contributed by atoms with Crippen molar-refractivity contribution in [2.75, 3.05) is 0 Å². The van der Waals surface area contributed by atoms with Gasteiger partial charge in [0.05, 0.1) is 4.47 Å². The Labute approximate surface area is 140 Å². The van der Waals surface area contributed by atoms with E-state index in [9.17, 15) is 4.39 Å². The fourth-order valence-electron chi connectivity index (χ4n) is 2.00. The van der Waals surface area contributed by atoms with Crippen molar-refractivity contribution in [1.29, 1.82) is 0 Å². The zero-order valence-corrected chi connectivity index (χ0v) is 14.7. The van der Waals surface area contributed by atoms with Crippen LogP contribution in [0.25, 0.3) is 0 Å². The maximum Gasteiger partial charge on any atom is 0.139 e. The van der Waals surface area contributed by atoms with E-state index in [1.54, 1.807) is 6.07 Å². The van der Waals surface area contributed by atoms with Crippen LogP contribution in [0.5, 0.6) is 5.75 Å². The first kappa shape index (κ1) is 16.5. The Hall–Kier alpha value is -0.910. The molecule has 2 N–H and O–H groups in total. The van der Waals surface area contributed by atoms with E-state index in [0.29, 0.717) is 10.2 Å². The third kappa shape index (κ3) is 4.28. The van der Waals surface area contributed by atoms with Crippen molar-refractivity contribution in [3.63, 3.8) is 0 Å². The molecule has 21 heavy (non-hydrogen) atoms. The standard InChI is InChI=1S/C16H16Br2FNO/c1-2-14(20)16(10-4-3-5-11(17)8-10)21-15-9-12(19)6-7-13(15)18/h3-9,14,16H,2,20H2,1H3. The van der Waals surface area contributed by atoms with Gasteiger partial charge in [-0.15, -0.1) is 0 Å². The Morgan fingerprint density at radius 1 is 1.19 bits per heavy atom. The summed E-state index contributed by atoms with van der Waals surface area (Å²) in [5, 5.41) is 0. The van der Waals surface area contributed by atoms with Crippen molar-refractivity contribution in [3.8, 4) is 5.75 Å². The molecule has 0 radical (unpaired) electrons. The van der Waals surface area contributed by atoms with Crippen LogP contribution in [0.15, 0.2) is 51.4 Å². The molecule has 112 valence electrons. The fraction of sp³-hybridized carbons (Fsp3) is 0.250. The Balaban J connectivity index is 2.35. The molecule has 0 saturated carbocycles. The van der Waals surface area contributed by atoms with Crippen molar-refractivity contribution in [2.24, 2.45) is 5.73 Å². The topological polar surface area (TPSA) is 35.2 Å². The van der Waals surface area contributed by atoms with Crippen LogP contribution in [0.3, 0.4) is 0 Å². The van der Waals surface area contributed by atoms with Gasteiger partial charge in [-0.2, -0.15) is 0 Å². The highest BCUT2D eigenvalue weighted by atomic mass is 79.9. The van der Waals surface area contributed by atoms with E-state index in [2.05, 4.69) is 31.9 Å². The minimum atomic E-state index is -0.342. The lowest BCUT2D eigenvalue weighted by atomic mass is 10.0. The van der Waals surface area contributed by atoms with E-state index >= 15 is 0 Å². The summed E-state index contributed by atoms with van der Waals surface area (Å²) in [6, 6.07) is 12.0. The number of hydrogen-bond acceptors (Lipinski definition) is 2. The van der Waals surface area contributed by atoms with Crippen molar-refractivity contribution < 1.29 is 9.13 Å². The predicted molar refractivity (Wildman–Crippen MR) is 89.9 cm³/mol. The van der Waals surface area contributed by atoms with Gasteiger partial charge < -0.3 is 10.5 Å². The third-order valence-electron chi connectivity index (χ3n) is 3.18. The molecule has 0 fully saturated rings. The molecule has 2 nitrogen and oxygen atoms in total. The smallest absolute Gasteiger partial charge is 0.139 e. The molecule has 0 aliphatic heterocycles. The van der Waals surface area contributed by atoms with Crippen molar-refractivity contribution in [2.45, 2.75) is 25.5 Å². The molecule has 2 aromatic carbocycles. The summed E-state index contributed by atoms with van der Waals surface area (Å²) < 4.78 is 21.0. The van der Waals surface area contributed by atoms with Crippen LogP contribution in [0.1, 0.15) is 25.0 Å². The molecule has 2 rings (SSSR count). The average molecular weight is 417 g/mol. The molecule has 0 bridgehead atoms. The lowest BCUT2D eigenvalue weighted by molar-refractivity contribution is 0.169. The Kier molecular flexibility index (Phi) is 5.79. The summed E-state index contributed by atoms with van der Waals surface area (Å²) in [6.07, 6.45) is 0.412. The summed E-state index contributed by atoms with van der Waals surface area (Å²) in [6.45, 7) is 2.00. The Bertz CT molecular complexity index is 621. The molecule has 5 heteroatoms. The summed E-state index contributed by atoms with van der Waals surface area (Å²) >= 11 is 6.82. The van der Waals surface area contributed by atoms with Crippen LogP contribution < -0.4 is 10.5 Å². The first-order chi connectivity index (χ1) is 10.0. The lowest BCUT2D eigenvalue weighted by Crippen LogP contribution is -2.31. The first-order valence-corrected chi connectivity index (χ1v) is 8.22. The predicted octanol–water partition coefficient (Wildman–Crippen LogP) is 5.21. The van der Waals surface area contributed by atoms with Crippen LogP contribution in [0.4, 0.5) is 4.39 Å². The first-order valence-electron chi connectivity index (χ1n) is 6.64. The minimum Gasteiger partial charge on any atom is -0.483 e. The van der Waals surface area contributed by atoms with Crippen LogP contribution in [0.2, 0.25) is 0 Å². The quantitative estimate of drug-likeness (QED) is 0.726. The zero-order valence-electron chi connectivity index (χ0n) is 11.5. The van der Waals surface area contributed by atoms with E-state index < -0.39 is 0 Å². The molecule has 2 unspecified atom stereocenters. The van der Waals surface area contributed by atoms with Gasteiger partial charge in [0.15, 0.2) is 0 Å². The van der Waals surface area contributed by atoms with E-state index in [1.165, 1.54) is 12.1 Å². The molecule has 0 aliphatic carbocycles. The van der Waals surface area contributed by atoms with Gasteiger partial charge in [-0.1, -0.05) is 35.0 Å². The number of halogens is 3. The number of ether oxygens (including phenoxy) is 1. The molecule has 0 amide bonds. The van der Waals surface area contributed by atoms with E-state index in [1.807, 2.05) is 31.2 Å². The maximum atomic E-state index is 13.4. The monoisotopic (exact) mass is 415 g/mol. The Morgan fingerprint density at radius 2 is 1.95 bits per heavy atom. The second-order valence-corrected chi connectivity index (χ2v) is 6.51. The second kappa shape index (κ2) is 7.38. The number of rotatable bonds is 5. The molecular weight excluding hydrogens is 401 g/mol. The average Bonchev–Trinajstić information content (AvgIpc) is 2.47. The zero-order chi connectivity index (χ0) is 15.4. The van der Waals surface area contributed by atoms with Gasteiger partial charge in [0.2, 0.25) is 0 Å². The van der Waals surface area contributed by atoms with Crippen molar-refractivity contribution in [1.82, 2.24) is 0 Å². The van der Waals surface area contributed by atoms with Crippen LogP contribution in [-0.4, -0.2) is 6.04 Å². The van der Waals surface area contributed by atoms with E-state index in [-0.39, 0.29) is 18.0 Å². The number of benzene rings is 2. The number of nitrogens with two attached hydrogens (primary N) is 1. The van der Waals surface area contributed by atoms with Crippen LogP contribution in [0, 0.1) is 5.82 Å². The van der Waals surface area contributed by atoms with Gasteiger partial charge in [0, 0.05) is 16.6 Å². The molecule has 0 aliphatic rings. The van der Waals surface area contributed by atoms with Gasteiger partial charge in [0.1, 0.15) is 17.7 Å². The minimum absolute atomic E-state index is 0.186. The van der Waals surface area contributed by atoms with Gasteiger partial charge >= 0.3 is 0 Å². The summed E-state index contributed by atoms with van der Waals surface area (Å²) in [4.78, 5) is 0. The summed E-state index contributed by atoms with van der Waals surface area (Å²) in [5.41, 5.74) is 7.14. The summed E-state index contributed by atoms with van der Waals surface area (Å²) in [7, 11) is 0. The molecular formula is C16H16Br2FNO. The molecule has 0 heterocycles. The van der Waals surface area contributed by atoms with Crippen molar-refractivity contribution in [3.05, 3.63) is 62.8 Å². The van der Waals surface area contributed by atoms with Gasteiger partial charge in [-0.25, -0.2) is 4.39 Å². The molecule has 0 aromatic heterocycles. The van der Waals surface area contributed by atoms with Crippen LogP contribution >= 0.6 is 31.9 Å². The normalized spacial score (nSPS) is 13.8. The summed E-state index contributed by atoms with van der Waals surface area (Å²) in [5.74, 6) is 0.107. The molecule has 2 atom stereocenters. The SMILES string of the molecule is CCC(N)C(Oc1cc(F)ccc1Br)c1cccc(Br)c1. The van der Waals surface area contributed by atoms with Gasteiger partial charge in [-0.3, -0.25) is 0 Å². The highest BCUT2D eigenvalue weighted by Gasteiger charge is 2.22. The highest BCUT2D eigenvalue weighted by Crippen LogP contribution is 2.32. The van der Waals surface area contributed by atoms with Crippen molar-refractivity contribution >= 4 is 31.9 Å². The van der Waals surface area contributed by atoms with Gasteiger partial charge in [0.25, 0.3) is 0 Å². The molecule has 0 saturated heterocycles. The largest absolute Gasteiger partial charge is 0.483 e. The number of hydrogen-bond donors (Lipinski definition) is 1. The Morgan fingerprint density at radius 3 is 2.62 bits per heavy atom. The molecule has 0 spiro atoms. The van der Waals surface area contributed by atoms with E-state index in [4.69, 9.17) is 10.5 Å².